The highest BCUT2D eigenvalue weighted by molar-refractivity contribution is 6.33. The van der Waals surface area contributed by atoms with Crippen LogP contribution in [0.1, 0.15) is 35.4 Å². The minimum atomic E-state index is -0.597. The number of hydrogen-bond acceptors (Lipinski definition) is 5. The highest BCUT2D eigenvalue weighted by Crippen LogP contribution is 2.21. The summed E-state index contributed by atoms with van der Waals surface area (Å²) in [6.07, 6.45) is 3.74. The first-order valence-corrected chi connectivity index (χ1v) is 8.71. The van der Waals surface area contributed by atoms with Gasteiger partial charge in [0.2, 0.25) is 5.91 Å². The van der Waals surface area contributed by atoms with Gasteiger partial charge in [0.25, 0.3) is 0 Å². The molecule has 0 atom stereocenters. The number of esters is 1. The topological polar surface area (TPSA) is 95.2 Å². The van der Waals surface area contributed by atoms with E-state index in [2.05, 4.69) is 15.2 Å². The van der Waals surface area contributed by atoms with Gasteiger partial charge in [0.05, 0.1) is 17.7 Å². The molecule has 0 spiro atoms. The largest absolute Gasteiger partial charge is 0.465 e. The zero-order valence-electron chi connectivity index (χ0n) is 14.3. The Hall–Kier alpha value is -2.61. The summed E-state index contributed by atoms with van der Waals surface area (Å²) in [6, 6.07) is 4.49. The minimum absolute atomic E-state index is 0.151. The number of aromatic nitrogens is 3. The second kappa shape index (κ2) is 7.74. The first-order valence-electron chi connectivity index (χ1n) is 8.34. The Morgan fingerprint density at radius 3 is 2.88 bits per heavy atom. The molecular weight excluding hydrogens is 360 g/mol. The normalized spacial score (nSPS) is 13.6. The SMILES string of the molecule is COC(=O)c1cc(NC(=O)Cn2nc3n(c2=O)CCCCC3)ccc1Cl. The maximum absolute atomic E-state index is 12.4. The molecule has 0 fully saturated rings. The number of carbonyl (C=O) groups excluding carboxylic acids is 2. The minimum Gasteiger partial charge on any atom is -0.465 e. The second-order valence-corrected chi connectivity index (χ2v) is 6.46. The summed E-state index contributed by atoms with van der Waals surface area (Å²) < 4.78 is 7.46. The third kappa shape index (κ3) is 3.80. The van der Waals surface area contributed by atoms with Crippen LogP contribution in [0.3, 0.4) is 0 Å². The number of rotatable bonds is 4. The van der Waals surface area contributed by atoms with Crippen molar-refractivity contribution in [3.8, 4) is 0 Å². The van der Waals surface area contributed by atoms with E-state index in [4.69, 9.17) is 11.6 Å². The first-order chi connectivity index (χ1) is 12.5. The van der Waals surface area contributed by atoms with Crippen molar-refractivity contribution in [2.24, 2.45) is 0 Å². The predicted molar refractivity (Wildman–Crippen MR) is 95.5 cm³/mol. The molecule has 26 heavy (non-hydrogen) atoms. The van der Waals surface area contributed by atoms with E-state index in [0.29, 0.717) is 12.2 Å². The summed E-state index contributed by atoms with van der Waals surface area (Å²) in [5.41, 5.74) is 0.259. The first kappa shape index (κ1) is 18.2. The Labute approximate surface area is 154 Å². The number of aryl methyl sites for hydroxylation is 1. The Bertz CT molecular complexity index is 903. The molecular formula is C17H19ClN4O4. The van der Waals surface area contributed by atoms with Crippen molar-refractivity contribution in [1.29, 1.82) is 0 Å². The lowest BCUT2D eigenvalue weighted by molar-refractivity contribution is -0.117. The maximum atomic E-state index is 12.4. The quantitative estimate of drug-likeness (QED) is 0.819. The van der Waals surface area contributed by atoms with Gasteiger partial charge in [0.15, 0.2) is 0 Å². The lowest BCUT2D eigenvalue weighted by Gasteiger charge is -2.08. The molecule has 0 saturated carbocycles. The average molecular weight is 379 g/mol. The van der Waals surface area contributed by atoms with Gasteiger partial charge in [0, 0.05) is 18.7 Å². The van der Waals surface area contributed by atoms with E-state index in [1.165, 1.54) is 23.9 Å². The van der Waals surface area contributed by atoms with Crippen molar-refractivity contribution in [2.45, 2.75) is 38.8 Å². The molecule has 0 aliphatic carbocycles. The number of nitrogens with zero attached hydrogens (tertiary/aromatic N) is 3. The molecule has 1 aliphatic heterocycles. The van der Waals surface area contributed by atoms with Crippen molar-refractivity contribution < 1.29 is 14.3 Å². The Balaban J connectivity index is 1.74. The van der Waals surface area contributed by atoms with E-state index < -0.39 is 11.9 Å². The smallest absolute Gasteiger partial charge is 0.346 e. The van der Waals surface area contributed by atoms with Gasteiger partial charge in [-0.3, -0.25) is 9.36 Å². The van der Waals surface area contributed by atoms with Crippen molar-refractivity contribution in [3.63, 3.8) is 0 Å². The van der Waals surface area contributed by atoms with Crippen LogP contribution in [0.4, 0.5) is 5.69 Å². The molecule has 3 rings (SSSR count). The maximum Gasteiger partial charge on any atom is 0.346 e. The van der Waals surface area contributed by atoms with Crippen LogP contribution in [-0.2, 0) is 29.0 Å². The van der Waals surface area contributed by atoms with Crippen LogP contribution in [0.25, 0.3) is 0 Å². The van der Waals surface area contributed by atoms with Crippen LogP contribution >= 0.6 is 11.6 Å². The fraction of sp³-hybridized carbons (Fsp3) is 0.412. The molecule has 0 unspecified atom stereocenters. The average Bonchev–Trinajstić information content (AvgIpc) is 2.79. The van der Waals surface area contributed by atoms with Gasteiger partial charge >= 0.3 is 11.7 Å². The molecule has 0 bridgehead atoms. The molecule has 0 radical (unpaired) electrons. The summed E-state index contributed by atoms with van der Waals surface area (Å²) in [4.78, 5) is 36.3. The number of methoxy groups -OCH3 is 1. The number of halogens is 1. The number of amides is 1. The molecule has 138 valence electrons. The molecule has 2 heterocycles. The summed E-state index contributed by atoms with van der Waals surface area (Å²) in [5.74, 6) is -0.293. The molecule has 8 nitrogen and oxygen atoms in total. The second-order valence-electron chi connectivity index (χ2n) is 6.05. The van der Waals surface area contributed by atoms with E-state index in [9.17, 15) is 14.4 Å². The molecule has 1 amide bonds. The lowest BCUT2D eigenvalue weighted by atomic mass is 10.2. The van der Waals surface area contributed by atoms with Crippen LogP contribution in [0.15, 0.2) is 23.0 Å². The summed E-state index contributed by atoms with van der Waals surface area (Å²) >= 11 is 5.96. The number of nitrogens with one attached hydrogen (secondary N) is 1. The van der Waals surface area contributed by atoms with Crippen LogP contribution in [0, 0.1) is 0 Å². The van der Waals surface area contributed by atoms with Crippen LogP contribution < -0.4 is 11.0 Å². The monoisotopic (exact) mass is 378 g/mol. The zero-order chi connectivity index (χ0) is 18.7. The Kier molecular flexibility index (Phi) is 5.41. The number of fused-ring (bicyclic) bond motifs is 1. The fourth-order valence-corrected chi connectivity index (χ4v) is 3.13. The third-order valence-electron chi connectivity index (χ3n) is 4.23. The zero-order valence-corrected chi connectivity index (χ0v) is 15.1. The lowest BCUT2D eigenvalue weighted by Crippen LogP contribution is -2.30. The molecule has 1 aromatic carbocycles. The van der Waals surface area contributed by atoms with Crippen molar-refractivity contribution in [1.82, 2.24) is 14.3 Å². The van der Waals surface area contributed by atoms with Crippen molar-refractivity contribution in [2.75, 3.05) is 12.4 Å². The van der Waals surface area contributed by atoms with E-state index in [1.807, 2.05) is 0 Å². The molecule has 0 saturated heterocycles. The highest BCUT2D eigenvalue weighted by atomic mass is 35.5. The molecule has 2 aromatic rings. The highest BCUT2D eigenvalue weighted by Gasteiger charge is 2.18. The van der Waals surface area contributed by atoms with Gasteiger partial charge in [-0.05, 0) is 31.0 Å². The Morgan fingerprint density at radius 2 is 2.12 bits per heavy atom. The standard InChI is InChI=1S/C17H19ClN4O4/c1-26-16(24)12-9-11(6-7-13(12)18)19-15(23)10-22-17(25)21-8-4-2-3-5-14(21)20-22/h6-7,9H,2-5,8,10H2,1H3,(H,19,23). The fourth-order valence-electron chi connectivity index (χ4n) is 2.93. The molecule has 1 aromatic heterocycles. The van der Waals surface area contributed by atoms with E-state index in [-0.39, 0.29) is 22.8 Å². The van der Waals surface area contributed by atoms with E-state index >= 15 is 0 Å². The van der Waals surface area contributed by atoms with Gasteiger partial charge in [-0.1, -0.05) is 18.0 Å². The number of anilines is 1. The van der Waals surface area contributed by atoms with Gasteiger partial charge in [-0.2, -0.15) is 5.10 Å². The number of ether oxygens (including phenoxy) is 1. The van der Waals surface area contributed by atoms with Gasteiger partial charge in [-0.25, -0.2) is 14.3 Å². The predicted octanol–water partition coefficient (Wildman–Crippen LogP) is 1.85. The van der Waals surface area contributed by atoms with Gasteiger partial charge < -0.3 is 10.1 Å². The molecule has 1 N–H and O–H groups in total. The number of carbonyl (C=O) groups is 2. The molecule has 1 aliphatic rings. The Morgan fingerprint density at radius 1 is 1.31 bits per heavy atom. The van der Waals surface area contributed by atoms with Gasteiger partial charge in [0.1, 0.15) is 12.4 Å². The van der Waals surface area contributed by atoms with Crippen molar-refractivity contribution >= 4 is 29.2 Å². The van der Waals surface area contributed by atoms with Gasteiger partial charge in [-0.15, -0.1) is 0 Å². The van der Waals surface area contributed by atoms with Crippen LogP contribution in [0.5, 0.6) is 0 Å². The van der Waals surface area contributed by atoms with Crippen molar-refractivity contribution in [3.05, 3.63) is 45.1 Å². The van der Waals surface area contributed by atoms with E-state index in [0.717, 1.165) is 31.5 Å². The van der Waals surface area contributed by atoms with Crippen LogP contribution in [0.2, 0.25) is 5.02 Å². The number of hydrogen-bond donors (Lipinski definition) is 1. The summed E-state index contributed by atoms with van der Waals surface area (Å²) in [6.45, 7) is 0.435. The summed E-state index contributed by atoms with van der Waals surface area (Å²) in [7, 11) is 1.25. The molecule has 9 heteroatoms. The van der Waals surface area contributed by atoms with E-state index in [1.54, 1.807) is 10.6 Å². The summed E-state index contributed by atoms with van der Waals surface area (Å²) in [5, 5.41) is 7.14. The number of benzene rings is 1. The third-order valence-corrected chi connectivity index (χ3v) is 4.56. The van der Waals surface area contributed by atoms with Crippen LogP contribution in [-0.4, -0.2) is 33.3 Å².